The molecule has 0 aliphatic rings. The molecule has 0 N–H and O–H groups in total. The highest BCUT2D eigenvalue weighted by Gasteiger charge is 2.44. The Bertz CT molecular complexity index is 543. The summed E-state index contributed by atoms with van der Waals surface area (Å²) in [6, 6.07) is 0.916. The molecule has 0 unspecified atom stereocenters. The number of ether oxygens (including phenoxy) is 1. The number of aromatic nitrogens is 1. The first-order valence-corrected chi connectivity index (χ1v) is 4.51. The van der Waals surface area contributed by atoms with Crippen molar-refractivity contribution in [2.45, 2.75) is 19.0 Å². The molecule has 0 amide bonds. The fourth-order valence-electron chi connectivity index (χ4n) is 1.26. The van der Waals surface area contributed by atoms with Crippen molar-refractivity contribution in [3.63, 3.8) is 0 Å². The topological polar surface area (TPSA) is 45.9 Å². The summed E-state index contributed by atoms with van der Waals surface area (Å²) in [4.78, 5) is 2.81. The minimum atomic E-state index is -5.60. The Hall–Kier alpha value is -2.12. The average Bonchev–Trinajstić information content (AvgIpc) is 2.24. The van der Waals surface area contributed by atoms with E-state index in [0.29, 0.717) is 0 Å². The van der Waals surface area contributed by atoms with Crippen molar-refractivity contribution in [3.8, 4) is 11.8 Å². The zero-order valence-electron chi connectivity index (χ0n) is 8.98. The molecule has 0 aromatic carbocycles. The number of halogens is 8. The maximum absolute atomic E-state index is 12.6. The quantitative estimate of drug-likeness (QED) is 0.781. The number of nitrogens with zero attached hydrogens (tertiary/aromatic N) is 2. The molecule has 3 nitrogen and oxygen atoms in total. The highest BCUT2D eigenvalue weighted by Crippen LogP contribution is 2.44. The van der Waals surface area contributed by atoms with Crippen molar-refractivity contribution in [2.24, 2.45) is 0 Å². The van der Waals surface area contributed by atoms with Crippen molar-refractivity contribution in [2.75, 3.05) is 0 Å². The highest BCUT2D eigenvalue weighted by molar-refractivity contribution is 5.49. The first-order chi connectivity index (χ1) is 8.97. The second-order valence-electron chi connectivity index (χ2n) is 3.22. The zero-order valence-corrected chi connectivity index (χ0v) is 8.98. The summed E-state index contributed by atoms with van der Waals surface area (Å²) < 4.78 is 102. The van der Waals surface area contributed by atoms with E-state index in [2.05, 4.69) is 9.72 Å². The predicted octanol–water partition coefficient (Wildman–Crippen LogP) is 3.81. The van der Waals surface area contributed by atoms with Gasteiger partial charge in [0.25, 0.3) is 6.43 Å². The Morgan fingerprint density at radius 1 is 1.15 bits per heavy atom. The molecule has 1 heterocycles. The maximum atomic E-state index is 12.6. The van der Waals surface area contributed by atoms with Crippen LogP contribution in [0.15, 0.2) is 6.20 Å². The van der Waals surface area contributed by atoms with Crippen LogP contribution >= 0.6 is 0 Å². The number of hydrogen-bond donors (Lipinski definition) is 0. The van der Waals surface area contributed by atoms with Gasteiger partial charge in [-0.2, -0.15) is 18.4 Å². The van der Waals surface area contributed by atoms with Crippen LogP contribution in [0, 0.1) is 11.3 Å². The maximum Gasteiger partial charge on any atom is 0.573 e. The van der Waals surface area contributed by atoms with E-state index in [4.69, 9.17) is 5.26 Å². The Labute approximate surface area is 105 Å². The lowest BCUT2D eigenvalue weighted by atomic mass is 10.1. The molecule has 20 heavy (non-hydrogen) atoms. The van der Waals surface area contributed by atoms with Crippen LogP contribution in [0.1, 0.15) is 23.2 Å². The van der Waals surface area contributed by atoms with Gasteiger partial charge in [-0.25, -0.2) is 13.8 Å². The molecule has 0 aliphatic carbocycles. The first kappa shape index (κ1) is 15.9. The van der Waals surface area contributed by atoms with Crippen LogP contribution in [0.5, 0.6) is 5.75 Å². The van der Waals surface area contributed by atoms with Gasteiger partial charge in [0.15, 0.2) is 11.4 Å². The highest BCUT2D eigenvalue weighted by atomic mass is 19.4. The van der Waals surface area contributed by atoms with Gasteiger partial charge in [-0.05, 0) is 0 Å². The number of nitriles is 1. The SMILES string of the molecule is N#Cc1ncc(C(F)F)c(C(F)(F)F)c1OC(F)(F)F. The summed E-state index contributed by atoms with van der Waals surface area (Å²) in [5, 5.41) is 8.42. The van der Waals surface area contributed by atoms with Gasteiger partial charge in [0.1, 0.15) is 11.6 Å². The number of rotatable bonds is 2. The molecule has 0 atom stereocenters. The van der Waals surface area contributed by atoms with E-state index in [1.54, 1.807) is 0 Å². The molecule has 1 aromatic rings. The lowest BCUT2D eigenvalue weighted by Gasteiger charge is -2.18. The van der Waals surface area contributed by atoms with Crippen LogP contribution in [0.2, 0.25) is 0 Å². The first-order valence-electron chi connectivity index (χ1n) is 4.51. The van der Waals surface area contributed by atoms with E-state index in [1.165, 1.54) is 0 Å². The van der Waals surface area contributed by atoms with Crippen molar-refractivity contribution in [3.05, 3.63) is 23.0 Å². The second kappa shape index (κ2) is 5.10. The fraction of sp³-hybridized carbons (Fsp3) is 0.333. The van der Waals surface area contributed by atoms with Gasteiger partial charge in [0.2, 0.25) is 0 Å². The molecule has 0 bridgehead atoms. The molecular weight excluding hydrogens is 304 g/mol. The predicted molar refractivity (Wildman–Crippen MR) is 45.6 cm³/mol. The van der Waals surface area contributed by atoms with Crippen LogP contribution in [-0.2, 0) is 6.18 Å². The molecular formula is C9H2F8N2O. The van der Waals surface area contributed by atoms with Crippen LogP contribution in [-0.4, -0.2) is 11.3 Å². The Morgan fingerprint density at radius 2 is 1.70 bits per heavy atom. The number of alkyl halides is 8. The summed E-state index contributed by atoms with van der Waals surface area (Å²) in [6.07, 6.45) is -15.0. The van der Waals surface area contributed by atoms with Gasteiger partial charge in [-0.15, -0.1) is 13.2 Å². The molecule has 0 radical (unpaired) electrons. The number of hydrogen-bond acceptors (Lipinski definition) is 3. The molecule has 11 heteroatoms. The van der Waals surface area contributed by atoms with Gasteiger partial charge in [0.05, 0.1) is 5.56 Å². The lowest BCUT2D eigenvalue weighted by Crippen LogP contribution is -2.23. The van der Waals surface area contributed by atoms with Crippen molar-refractivity contribution >= 4 is 0 Å². The van der Waals surface area contributed by atoms with Crippen molar-refractivity contribution in [1.82, 2.24) is 4.98 Å². The van der Waals surface area contributed by atoms with E-state index in [9.17, 15) is 35.1 Å². The van der Waals surface area contributed by atoms with E-state index >= 15 is 0 Å². The third-order valence-electron chi connectivity index (χ3n) is 1.91. The lowest BCUT2D eigenvalue weighted by molar-refractivity contribution is -0.276. The van der Waals surface area contributed by atoms with Gasteiger partial charge >= 0.3 is 12.5 Å². The molecule has 0 saturated carbocycles. The fourth-order valence-corrected chi connectivity index (χ4v) is 1.26. The van der Waals surface area contributed by atoms with Crippen molar-refractivity contribution < 1.29 is 39.9 Å². The Balaban J connectivity index is 3.67. The monoisotopic (exact) mass is 306 g/mol. The standard InChI is InChI=1S/C9H2F8N2O/c10-7(11)3-2-19-4(1-18)6(20-9(15,16)17)5(3)8(12,13)14/h2,7H. The molecule has 1 rings (SSSR count). The zero-order chi connectivity index (χ0) is 15.7. The van der Waals surface area contributed by atoms with E-state index in [1.807, 2.05) is 0 Å². The van der Waals surface area contributed by atoms with Crippen molar-refractivity contribution in [1.29, 1.82) is 5.26 Å². The second-order valence-corrected chi connectivity index (χ2v) is 3.22. The average molecular weight is 306 g/mol. The van der Waals surface area contributed by atoms with Gasteiger partial charge in [-0.3, -0.25) is 0 Å². The summed E-state index contributed by atoms with van der Waals surface area (Å²) in [5.41, 5.74) is -5.59. The smallest absolute Gasteiger partial charge is 0.402 e. The molecule has 0 fully saturated rings. The number of pyridine rings is 1. The van der Waals surface area contributed by atoms with E-state index in [-0.39, 0.29) is 6.20 Å². The van der Waals surface area contributed by atoms with Crippen LogP contribution in [0.3, 0.4) is 0 Å². The molecule has 1 aromatic heterocycles. The third kappa shape index (κ3) is 3.46. The van der Waals surface area contributed by atoms with Gasteiger partial charge in [-0.1, -0.05) is 0 Å². The molecule has 110 valence electrons. The normalized spacial score (nSPS) is 12.4. The minimum absolute atomic E-state index is 0.0186. The Kier molecular flexibility index (Phi) is 4.07. The third-order valence-corrected chi connectivity index (χ3v) is 1.91. The molecule has 0 spiro atoms. The summed E-state index contributed by atoms with van der Waals surface area (Å²) >= 11 is 0. The van der Waals surface area contributed by atoms with Crippen LogP contribution < -0.4 is 4.74 Å². The van der Waals surface area contributed by atoms with Crippen LogP contribution in [0.4, 0.5) is 35.1 Å². The minimum Gasteiger partial charge on any atom is -0.402 e. The molecule has 0 aliphatic heterocycles. The largest absolute Gasteiger partial charge is 0.573 e. The summed E-state index contributed by atoms with van der Waals surface area (Å²) in [6.45, 7) is 0. The van der Waals surface area contributed by atoms with E-state index in [0.717, 1.165) is 6.07 Å². The molecule has 0 saturated heterocycles. The summed E-state index contributed by atoms with van der Waals surface area (Å²) in [5.74, 6) is -2.09. The van der Waals surface area contributed by atoms with Gasteiger partial charge in [0, 0.05) is 6.20 Å². The van der Waals surface area contributed by atoms with Crippen LogP contribution in [0.25, 0.3) is 0 Å². The van der Waals surface area contributed by atoms with E-state index < -0.39 is 41.5 Å². The Morgan fingerprint density at radius 3 is 2.05 bits per heavy atom. The summed E-state index contributed by atoms with van der Waals surface area (Å²) in [7, 11) is 0. The van der Waals surface area contributed by atoms with Gasteiger partial charge < -0.3 is 4.74 Å².